The van der Waals surface area contributed by atoms with Crippen molar-refractivity contribution in [2.45, 2.75) is 38.6 Å². The molecule has 0 aromatic carbocycles. The molecule has 3 heterocycles. The lowest BCUT2D eigenvalue weighted by molar-refractivity contribution is -0.120. The van der Waals surface area contributed by atoms with E-state index in [-0.39, 0.29) is 11.9 Å². The number of piperidine rings is 1. The molecule has 24 heavy (non-hydrogen) atoms. The lowest BCUT2D eigenvalue weighted by Gasteiger charge is -2.34. The Balaban J connectivity index is 1.62. The van der Waals surface area contributed by atoms with Crippen LogP contribution in [-0.2, 0) is 11.2 Å². The van der Waals surface area contributed by atoms with Gasteiger partial charge in [0.05, 0.1) is 23.2 Å². The normalized spacial score (nSPS) is 16.7. The number of thiazole rings is 1. The second kappa shape index (κ2) is 8.35. The molecule has 1 aliphatic rings. The smallest absolute Gasteiger partial charge is 0.226 e. The number of amides is 1. The molecule has 1 fully saturated rings. The van der Waals surface area contributed by atoms with Crippen LogP contribution in [0.2, 0.25) is 0 Å². The highest BCUT2D eigenvalue weighted by Gasteiger charge is 2.23. The Kier molecular flexibility index (Phi) is 5.93. The van der Waals surface area contributed by atoms with E-state index in [1.807, 2.05) is 24.6 Å². The molecule has 1 N–H and O–H groups in total. The van der Waals surface area contributed by atoms with E-state index in [9.17, 15) is 4.79 Å². The van der Waals surface area contributed by atoms with E-state index < -0.39 is 0 Å². The Morgan fingerprint density at radius 3 is 2.88 bits per heavy atom. The molecule has 0 unspecified atom stereocenters. The van der Waals surface area contributed by atoms with E-state index in [4.69, 9.17) is 0 Å². The second-order valence-corrected chi connectivity index (χ2v) is 7.30. The molecule has 0 bridgehead atoms. The Bertz CT molecular complexity index is 652. The summed E-state index contributed by atoms with van der Waals surface area (Å²) in [6.45, 7) is 4.75. The summed E-state index contributed by atoms with van der Waals surface area (Å²) in [4.78, 5) is 23.3. The van der Waals surface area contributed by atoms with Gasteiger partial charge < -0.3 is 5.32 Å². The molecular weight excluding hydrogens is 320 g/mol. The predicted octanol–water partition coefficient (Wildman–Crippen LogP) is 2.73. The van der Waals surface area contributed by atoms with Gasteiger partial charge in [0.1, 0.15) is 0 Å². The standard InChI is InChI=1S/C18H24N4OS/c1-14-21-16(13-24-14)10-18(23)20-12-17(15-6-5-7-19-11-15)22-8-3-2-4-9-22/h5-7,11,13,17H,2-4,8-10,12H2,1H3,(H,20,23)/t17-/m1/s1. The minimum absolute atomic E-state index is 0.0335. The minimum Gasteiger partial charge on any atom is -0.354 e. The van der Waals surface area contributed by atoms with Crippen LogP contribution in [0.3, 0.4) is 0 Å². The van der Waals surface area contributed by atoms with Crippen LogP contribution in [0, 0.1) is 6.92 Å². The zero-order valence-corrected chi connectivity index (χ0v) is 14.9. The third-order valence-electron chi connectivity index (χ3n) is 4.40. The Labute approximate surface area is 147 Å². The number of aromatic nitrogens is 2. The van der Waals surface area contributed by atoms with Gasteiger partial charge in [0.25, 0.3) is 0 Å². The Hall–Kier alpha value is -1.79. The summed E-state index contributed by atoms with van der Waals surface area (Å²) in [5.41, 5.74) is 2.02. The average Bonchev–Trinajstić information content (AvgIpc) is 3.02. The predicted molar refractivity (Wildman–Crippen MR) is 96.0 cm³/mol. The summed E-state index contributed by atoms with van der Waals surface area (Å²) in [7, 11) is 0. The van der Waals surface area contributed by atoms with Crippen molar-refractivity contribution in [2.24, 2.45) is 0 Å². The zero-order chi connectivity index (χ0) is 16.8. The molecule has 128 valence electrons. The van der Waals surface area contributed by atoms with E-state index in [2.05, 4.69) is 26.3 Å². The summed E-state index contributed by atoms with van der Waals surface area (Å²) in [6.07, 6.45) is 7.80. The van der Waals surface area contributed by atoms with Crippen LogP contribution in [0.5, 0.6) is 0 Å². The molecule has 0 radical (unpaired) electrons. The fourth-order valence-corrected chi connectivity index (χ4v) is 3.80. The van der Waals surface area contributed by atoms with Crippen LogP contribution in [-0.4, -0.2) is 40.4 Å². The molecule has 1 aliphatic heterocycles. The Morgan fingerprint density at radius 2 is 2.21 bits per heavy atom. The van der Waals surface area contributed by atoms with E-state index >= 15 is 0 Å². The lowest BCUT2D eigenvalue weighted by Crippen LogP contribution is -2.41. The number of carbonyl (C=O) groups is 1. The van der Waals surface area contributed by atoms with E-state index in [1.165, 1.54) is 24.8 Å². The van der Waals surface area contributed by atoms with Crippen molar-refractivity contribution >= 4 is 17.2 Å². The van der Waals surface area contributed by atoms with Crippen LogP contribution in [0.1, 0.15) is 41.6 Å². The highest BCUT2D eigenvalue weighted by atomic mass is 32.1. The number of rotatable bonds is 6. The number of hydrogen-bond donors (Lipinski definition) is 1. The molecule has 1 atom stereocenters. The van der Waals surface area contributed by atoms with E-state index in [1.54, 1.807) is 17.5 Å². The van der Waals surface area contributed by atoms with Crippen molar-refractivity contribution in [3.8, 4) is 0 Å². The third kappa shape index (κ3) is 4.61. The lowest BCUT2D eigenvalue weighted by atomic mass is 10.0. The van der Waals surface area contributed by atoms with Crippen molar-refractivity contribution in [2.75, 3.05) is 19.6 Å². The molecule has 0 spiro atoms. The maximum atomic E-state index is 12.3. The molecule has 2 aromatic rings. The summed E-state index contributed by atoms with van der Waals surface area (Å²) in [5.74, 6) is 0.0335. The number of pyridine rings is 1. The van der Waals surface area contributed by atoms with Crippen LogP contribution in [0.25, 0.3) is 0 Å². The van der Waals surface area contributed by atoms with Gasteiger partial charge in [-0.1, -0.05) is 12.5 Å². The molecule has 0 aliphatic carbocycles. The van der Waals surface area contributed by atoms with Crippen molar-refractivity contribution in [3.05, 3.63) is 46.2 Å². The molecule has 6 heteroatoms. The molecule has 2 aromatic heterocycles. The SMILES string of the molecule is Cc1nc(CC(=O)NC[C@H](c2cccnc2)N2CCCCC2)cs1. The molecule has 1 saturated heterocycles. The quantitative estimate of drug-likeness (QED) is 0.875. The number of likely N-dealkylation sites (tertiary alicyclic amines) is 1. The first kappa shape index (κ1) is 17.0. The van der Waals surface area contributed by atoms with Gasteiger partial charge in [0.2, 0.25) is 5.91 Å². The highest BCUT2D eigenvalue weighted by molar-refractivity contribution is 7.09. The summed E-state index contributed by atoms with van der Waals surface area (Å²) in [6, 6.07) is 4.26. The van der Waals surface area contributed by atoms with Crippen LogP contribution < -0.4 is 5.32 Å². The van der Waals surface area contributed by atoms with E-state index in [0.29, 0.717) is 13.0 Å². The maximum absolute atomic E-state index is 12.3. The van der Waals surface area contributed by atoms with Gasteiger partial charge in [-0.3, -0.25) is 14.7 Å². The van der Waals surface area contributed by atoms with Crippen molar-refractivity contribution in [1.82, 2.24) is 20.2 Å². The van der Waals surface area contributed by atoms with Crippen molar-refractivity contribution < 1.29 is 4.79 Å². The first-order chi connectivity index (χ1) is 11.7. The first-order valence-electron chi connectivity index (χ1n) is 8.54. The summed E-state index contributed by atoms with van der Waals surface area (Å²) in [5, 5.41) is 6.05. The van der Waals surface area contributed by atoms with Gasteiger partial charge in [-0.25, -0.2) is 4.98 Å². The molecule has 3 rings (SSSR count). The minimum atomic E-state index is 0.0335. The summed E-state index contributed by atoms with van der Waals surface area (Å²) < 4.78 is 0. The van der Waals surface area contributed by atoms with Crippen molar-refractivity contribution in [1.29, 1.82) is 0 Å². The van der Waals surface area contributed by atoms with Crippen LogP contribution >= 0.6 is 11.3 Å². The van der Waals surface area contributed by atoms with Gasteiger partial charge in [0, 0.05) is 24.3 Å². The largest absolute Gasteiger partial charge is 0.354 e. The van der Waals surface area contributed by atoms with Crippen LogP contribution in [0.4, 0.5) is 0 Å². The fraction of sp³-hybridized carbons (Fsp3) is 0.500. The third-order valence-corrected chi connectivity index (χ3v) is 5.22. The van der Waals surface area contributed by atoms with Gasteiger partial charge in [-0.05, 0) is 44.5 Å². The van der Waals surface area contributed by atoms with Crippen molar-refractivity contribution in [3.63, 3.8) is 0 Å². The van der Waals surface area contributed by atoms with Crippen LogP contribution in [0.15, 0.2) is 29.9 Å². The van der Waals surface area contributed by atoms with E-state index in [0.717, 1.165) is 23.8 Å². The highest BCUT2D eigenvalue weighted by Crippen LogP contribution is 2.23. The van der Waals surface area contributed by atoms with Gasteiger partial charge in [0.15, 0.2) is 0 Å². The van der Waals surface area contributed by atoms with Gasteiger partial charge in [-0.2, -0.15) is 0 Å². The number of carbonyl (C=O) groups excluding carboxylic acids is 1. The molecule has 1 amide bonds. The van der Waals surface area contributed by atoms with Gasteiger partial charge in [-0.15, -0.1) is 11.3 Å². The second-order valence-electron chi connectivity index (χ2n) is 6.24. The Morgan fingerprint density at radius 1 is 1.38 bits per heavy atom. The molecular formula is C18H24N4OS. The molecule has 5 nitrogen and oxygen atoms in total. The first-order valence-corrected chi connectivity index (χ1v) is 9.42. The zero-order valence-electron chi connectivity index (χ0n) is 14.1. The summed E-state index contributed by atoms with van der Waals surface area (Å²) >= 11 is 1.58. The number of hydrogen-bond acceptors (Lipinski definition) is 5. The molecule has 0 saturated carbocycles. The average molecular weight is 344 g/mol. The number of nitrogens with zero attached hydrogens (tertiary/aromatic N) is 3. The number of aryl methyl sites for hydroxylation is 1. The number of nitrogens with one attached hydrogen (secondary N) is 1. The monoisotopic (exact) mass is 344 g/mol. The van der Waals surface area contributed by atoms with Gasteiger partial charge >= 0.3 is 0 Å². The fourth-order valence-electron chi connectivity index (χ4n) is 3.19. The maximum Gasteiger partial charge on any atom is 0.226 e. The topological polar surface area (TPSA) is 58.1 Å².